The molecule has 0 aliphatic rings. The number of allylic oxidation sites excluding steroid dienone is 1. The first kappa shape index (κ1) is 19.5. The fourth-order valence-corrected chi connectivity index (χ4v) is 1.70. The number of rotatable bonds is 2. The van der Waals surface area contributed by atoms with Crippen LogP contribution in [0, 0.1) is 0 Å². The van der Waals surface area contributed by atoms with E-state index >= 15 is 0 Å². The monoisotopic (exact) mass is 341 g/mol. The van der Waals surface area contributed by atoms with Crippen molar-refractivity contribution in [3.8, 4) is 0 Å². The van der Waals surface area contributed by atoms with Gasteiger partial charge in [0.2, 0.25) is 0 Å². The van der Waals surface area contributed by atoms with Gasteiger partial charge in [-0.15, -0.1) is 15.9 Å². The van der Waals surface area contributed by atoms with Gasteiger partial charge in [0.25, 0.3) is 0 Å². The van der Waals surface area contributed by atoms with Crippen molar-refractivity contribution in [3.63, 3.8) is 0 Å². The van der Waals surface area contributed by atoms with Crippen LogP contribution in [0.3, 0.4) is 0 Å². The average molecular weight is 341 g/mol. The Kier molecular flexibility index (Phi) is 5.27. The fourth-order valence-electron chi connectivity index (χ4n) is 1.70. The van der Waals surface area contributed by atoms with Gasteiger partial charge in [-0.2, -0.15) is 0 Å². The molecule has 24 heavy (non-hydrogen) atoms. The van der Waals surface area contributed by atoms with Crippen molar-refractivity contribution < 1.29 is 19.1 Å². The van der Waals surface area contributed by atoms with Crippen LogP contribution in [0.15, 0.2) is 22.2 Å². The van der Waals surface area contributed by atoms with Crippen LogP contribution in [-0.4, -0.2) is 37.3 Å². The quantitative estimate of drug-likeness (QED) is 0.757. The second-order valence-electron chi connectivity index (χ2n) is 7.05. The topological polar surface area (TPSA) is 102 Å². The first-order valence-corrected chi connectivity index (χ1v) is 7.31. The van der Waals surface area contributed by atoms with Crippen molar-refractivity contribution >= 4 is 12.2 Å². The van der Waals surface area contributed by atoms with Crippen molar-refractivity contribution in [2.24, 2.45) is 0 Å². The zero-order valence-electron chi connectivity index (χ0n) is 14.8. The molecule has 1 rings (SSSR count). The Balaban J connectivity index is 3.56. The van der Waals surface area contributed by atoms with Gasteiger partial charge in [0.1, 0.15) is 11.2 Å². The lowest BCUT2D eigenvalue weighted by atomic mass is 10.2. The van der Waals surface area contributed by atoms with Crippen LogP contribution < -0.4 is 11.4 Å². The van der Waals surface area contributed by atoms with Crippen LogP contribution in [-0.2, 0) is 16.0 Å². The summed E-state index contributed by atoms with van der Waals surface area (Å²) >= 11 is 0. The Morgan fingerprint density at radius 2 is 1.25 bits per heavy atom. The summed E-state index contributed by atoms with van der Waals surface area (Å²) in [6.45, 7) is 12.8. The summed E-state index contributed by atoms with van der Waals surface area (Å²) in [6.07, 6.45) is -1.02. The van der Waals surface area contributed by atoms with Crippen molar-refractivity contribution in [1.29, 1.82) is 0 Å². The standard InChI is InChI=1S/C15H23N3O6/c1-8-9-16-10(19)17(12(21)23-14(2,3)4)18(11(16)20)13(22)24-15(5,6)7/h8H,1,9H2,2-7H3. The van der Waals surface area contributed by atoms with Crippen LogP contribution in [0.5, 0.6) is 0 Å². The molecule has 1 aromatic heterocycles. The fraction of sp³-hybridized carbons (Fsp3) is 0.600. The minimum Gasteiger partial charge on any atom is -0.442 e. The van der Waals surface area contributed by atoms with Gasteiger partial charge in [0.05, 0.1) is 6.54 Å². The maximum Gasteiger partial charge on any atom is 0.438 e. The van der Waals surface area contributed by atoms with E-state index < -0.39 is 34.8 Å². The van der Waals surface area contributed by atoms with Gasteiger partial charge >= 0.3 is 23.6 Å². The first-order chi connectivity index (χ1) is 10.8. The number of aromatic nitrogens is 3. The van der Waals surface area contributed by atoms with E-state index in [4.69, 9.17) is 9.47 Å². The van der Waals surface area contributed by atoms with E-state index in [2.05, 4.69) is 6.58 Å². The molecule has 1 aromatic rings. The molecule has 0 bridgehead atoms. The molecule has 0 radical (unpaired) electrons. The molecule has 0 unspecified atom stereocenters. The Labute approximate surface area is 139 Å². The minimum absolute atomic E-state index is 0.170. The van der Waals surface area contributed by atoms with Gasteiger partial charge in [-0.3, -0.25) is 0 Å². The van der Waals surface area contributed by atoms with E-state index in [9.17, 15) is 19.2 Å². The zero-order valence-corrected chi connectivity index (χ0v) is 14.8. The lowest BCUT2D eigenvalue weighted by Crippen LogP contribution is -2.42. The highest BCUT2D eigenvalue weighted by molar-refractivity contribution is 5.76. The van der Waals surface area contributed by atoms with Crippen LogP contribution in [0.25, 0.3) is 0 Å². The van der Waals surface area contributed by atoms with Crippen LogP contribution in [0.1, 0.15) is 41.5 Å². The molecule has 9 heteroatoms. The second kappa shape index (κ2) is 6.50. The lowest BCUT2D eigenvalue weighted by Gasteiger charge is -2.21. The molecule has 134 valence electrons. The molecule has 0 aliphatic carbocycles. The Hall–Kier alpha value is -2.58. The maximum atomic E-state index is 12.3. The summed E-state index contributed by atoms with van der Waals surface area (Å²) in [6, 6.07) is 0. The third-order valence-electron chi connectivity index (χ3n) is 2.47. The third kappa shape index (κ3) is 4.46. The smallest absolute Gasteiger partial charge is 0.438 e. The van der Waals surface area contributed by atoms with Crippen molar-refractivity contribution in [1.82, 2.24) is 13.9 Å². The predicted molar refractivity (Wildman–Crippen MR) is 86.4 cm³/mol. The van der Waals surface area contributed by atoms with Gasteiger partial charge in [0, 0.05) is 0 Å². The number of nitrogens with zero attached hydrogens (tertiary/aromatic N) is 3. The van der Waals surface area contributed by atoms with Gasteiger partial charge in [-0.25, -0.2) is 23.7 Å². The van der Waals surface area contributed by atoms with Gasteiger partial charge in [0.15, 0.2) is 0 Å². The molecule has 0 aliphatic heterocycles. The zero-order chi connectivity index (χ0) is 18.9. The Morgan fingerprint density at radius 3 is 1.50 bits per heavy atom. The predicted octanol–water partition coefficient (Wildman–Crippen LogP) is 1.56. The highest BCUT2D eigenvalue weighted by Crippen LogP contribution is 2.10. The molecule has 0 aromatic carbocycles. The van der Waals surface area contributed by atoms with Crippen molar-refractivity contribution in [2.45, 2.75) is 59.3 Å². The molecule has 0 atom stereocenters. The van der Waals surface area contributed by atoms with Crippen LogP contribution >= 0.6 is 0 Å². The molecular weight excluding hydrogens is 318 g/mol. The summed E-state index contributed by atoms with van der Waals surface area (Å²) in [4.78, 5) is 49.2. The molecule has 1 heterocycles. The summed E-state index contributed by atoms with van der Waals surface area (Å²) in [5, 5.41) is 0. The summed E-state index contributed by atoms with van der Waals surface area (Å²) in [7, 11) is 0. The molecule has 9 nitrogen and oxygen atoms in total. The highest BCUT2D eigenvalue weighted by atomic mass is 16.6. The van der Waals surface area contributed by atoms with Crippen LogP contribution in [0.2, 0.25) is 0 Å². The first-order valence-electron chi connectivity index (χ1n) is 7.31. The number of hydrogen-bond acceptors (Lipinski definition) is 6. The van der Waals surface area contributed by atoms with E-state index in [1.165, 1.54) is 6.08 Å². The average Bonchev–Trinajstić information content (AvgIpc) is 2.59. The Morgan fingerprint density at radius 1 is 0.917 bits per heavy atom. The summed E-state index contributed by atoms with van der Waals surface area (Å²) in [5.41, 5.74) is -3.88. The molecule has 0 amide bonds. The van der Waals surface area contributed by atoms with E-state index in [1.54, 1.807) is 41.5 Å². The molecule has 0 spiro atoms. The molecule has 0 saturated carbocycles. The normalized spacial score (nSPS) is 11.9. The molecule has 0 saturated heterocycles. The molecule has 0 N–H and O–H groups in total. The van der Waals surface area contributed by atoms with E-state index in [0.29, 0.717) is 13.9 Å². The lowest BCUT2D eigenvalue weighted by molar-refractivity contribution is 0.0357. The van der Waals surface area contributed by atoms with E-state index in [1.807, 2.05) is 0 Å². The van der Waals surface area contributed by atoms with E-state index in [-0.39, 0.29) is 6.54 Å². The van der Waals surface area contributed by atoms with Crippen LogP contribution in [0.4, 0.5) is 9.59 Å². The van der Waals surface area contributed by atoms with Crippen molar-refractivity contribution in [2.75, 3.05) is 0 Å². The van der Waals surface area contributed by atoms with Gasteiger partial charge in [-0.05, 0) is 41.5 Å². The second-order valence-corrected chi connectivity index (χ2v) is 7.05. The number of carbonyl (C=O) groups excluding carboxylic acids is 2. The number of ether oxygens (including phenoxy) is 2. The van der Waals surface area contributed by atoms with Gasteiger partial charge < -0.3 is 9.47 Å². The maximum absolute atomic E-state index is 12.3. The minimum atomic E-state index is -1.15. The third-order valence-corrected chi connectivity index (χ3v) is 2.47. The Bertz CT molecular complexity index is 708. The SMILES string of the molecule is C=CCn1c(=O)n(C(=O)OC(C)(C)C)n(C(=O)OC(C)(C)C)c1=O. The van der Waals surface area contributed by atoms with Gasteiger partial charge in [-0.1, -0.05) is 6.08 Å². The summed E-state index contributed by atoms with van der Waals surface area (Å²) < 4.78 is 11.5. The molecule has 0 fully saturated rings. The number of hydrogen-bond donors (Lipinski definition) is 0. The van der Waals surface area contributed by atoms with Crippen molar-refractivity contribution in [3.05, 3.63) is 33.6 Å². The molecular formula is C15H23N3O6. The summed E-state index contributed by atoms with van der Waals surface area (Å²) in [5.74, 6) is 0. The van der Waals surface area contributed by atoms with E-state index in [0.717, 1.165) is 0 Å². The number of carbonyl (C=O) groups is 2. The largest absolute Gasteiger partial charge is 0.442 e. The highest BCUT2D eigenvalue weighted by Gasteiger charge is 2.31.